The van der Waals surface area contributed by atoms with E-state index in [-0.39, 0.29) is 0 Å². The quantitative estimate of drug-likeness (QED) is 0.847. The molecule has 0 spiro atoms. The number of rotatable bonds is 4. The smallest absolute Gasteiger partial charge is 0.0522 e. The van der Waals surface area contributed by atoms with Gasteiger partial charge >= 0.3 is 0 Å². The van der Waals surface area contributed by atoms with Gasteiger partial charge in [0.25, 0.3) is 0 Å². The highest BCUT2D eigenvalue weighted by Crippen LogP contribution is 2.23. The molecule has 2 rings (SSSR count). The first kappa shape index (κ1) is 11.6. The van der Waals surface area contributed by atoms with Gasteiger partial charge in [-0.2, -0.15) is 5.10 Å². The molecule has 0 radical (unpaired) electrons. The van der Waals surface area contributed by atoms with E-state index in [9.17, 15) is 0 Å². The van der Waals surface area contributed by atoms with Crippen molar-refractivity contribution >= 4 is 0 Å². The topological polar surface area (TPSA) is 29.9 Å². The van der Waals surface area contributed by atoms with Crippen LogP contribution in [0.2, 0.25) is 0 Å². The Balaban J connectivity index is 1.86. The average Bonchev–Trinajstić information content (AvgIpc) is 2.75. The number of hydrogen-bond acceptors (Lipinski definition) is 2. The molecule has 0 bridgehead atoms. The maximum absolute atomic E-state index is 4.29. The Labute approximate surface area is 98.2 Å². The van der Waals surface area contributed by atoms with Gasteiger partial charge in [0.1, 0.15) is 0 Å². The molecular weight excluding hydrogens is 198 g/mol. The third-order valence-corrected chi connectivity index (χ3v) is 3.76. The van der Waals surface area contributed by atoms with Gasteiger partial charge in [0.2, 0.25) is 0 Å². The molecule has 1 fully saturated rings. The Morgan fingerprint density at radius 3 is 3.00 bits per heavy atom. The van der Waals surface area contributed by atoms with E-state index in [1.165, 1.54) is 31.4 Å². The maximum Gasteiger partial charge on any atom is 0.0522 e. The van der Waals surface area contributed by atoms with Gasteiger partial charge < -0.3 is 5.32 Å². The lowest BCUT2D eigenvalue weighted by molar-refractivity contribution is 0.277. The summed E-state index contributed by atoms with van der Waals surface area (Å²) < 4.78 is 2.07. The summed E-state index contributed by atoms with van der Waals surface area (Å²) in [6.07, 6.45) is 7.40. The molecule has 1 aliphatic carbocycles. The van der Waals surface area contributed by atoms with Crippen LogP contribution in [-0.4, -0.2) is 15.8 Å². The van der Waals surface area contributed by atoms with E-state index in [4.69, 9.17) is 0 Å². The molecule has 0 saturated heterocycles. The molecule has 3 nitrogen and oxygen atoms in total. The summed E-state index contributed by atoms with van der Waals surface area (Å²) in [4.78, 5) is 0. The Morgan fingerprint density at radius 1 is 1.44 bits per heavy atom. The van der Waals surface area contributed by atoms with Crippen molar-refractivity contribution in [3.8, 4) is 0 Å². The van der Waals surface area contributed by atoms with Crippen LogP contribution in [0.25, 0.3) is 0 Å². The van der Waals surface area contributed by atoms with Crippen molar-refractivity contribution in [2.75, 3.05) is 0 Å². The van der Waals surface area contributed by atoms with Crippen LogP contribution in [0.15, 0.2) is 12.3 Å². The number of aromatic nitrogens is 2. The molecular formula is C13H23N3. The van der Waals surface area contributed by atoms with Crippen molar-refractivity contribution in [3.63, 3.8) is 0 Å². The lowest BCUT2D eigenvalue weighted by Crippen LogP contribution is -2.37. The largest absolute Gasteiger partial charge is 0.308 e. The second-order valence-electron chi connectivity index (χ2n) is 4.89. The minimum absolute atomic E-state index is 0.703. The molecule has 1 saturated carbocycles. The summed E-state index contributed by atoms with van der Waals surface area (Å²) in [5.74, 6) is 0.826. The van der Waals surface area contributed by atoms with Crippen molar-refractivity contribution < 1.29 is 0 Å². The zero-order valence-corrected chi connectivity index (χ0v) is 10.4. The van der Waals surface area contributed by atoms with Crippen LogP contribution in [0.1, 0.15) is 45.2 Å². The highest BCUT2D eigenvalue weighted by atomic mass is 15.3. The van der Waals surface area contributed by atoms with Gasteiger partial charge in [-0.25, -0.2) is 0 Å². The standard InChI is InChI=1S/C13H23N3/c1-3-16-12(8-9-15-16)10-14-13-7-5-4-6-11(13)2/h8-9,11,13-14H,3-7,10H2,1-2H3. The first-order valence-electron chi connectivity index (χ1n) is 6.55. The van der Waals surface area contributed by atoms with Crippen LogP contribution in [0, 0.1) is 5.92 Å². The van der Waals surface area contributed by atoms with Crippen LogP contribution < -0.4 is 5.32 Å². The van der Waals surface area contributed by atoms with Crippen molar-refractivity contribution in [3.05, 3.63) is 18.0 Å². The number of hydrogen-bond donors (Lipinski definition) is 1. The Hall–Kier alpha value is -0.830. The van der Waals surface area contributed by atoms with Gasteiger partial charge in [0, 0.05) is 25.3 Å². The summed E-state index contributed by atoms with van der Waals surface area (Å²) in [5.41, 5.74) is 1.31. The molecule has 1 aromatic rings. The first-order chi connectivity index (χ1) is 7.81. The fourth-order valence-electron chi connectivity index (χ4n) is 2.65. The second-order valence-corrected chi connectivity index (χ2v) is 4.89. The minimum Gasteiger partial charge on any atom is -0.308 e. The Bertz CT molecular complexity index is 319. The van der Waals surface area contributed by atoms with E-state index in [1.54, 1.807) is 0 Å². The number of nitrogens with one attached hydrogen (secondary N) is 1. The molecule has 90 valence electrons. The van der Waals surface area contributed by atoms with Crippen molar-refractivity contribution in [1.82, 2.24) is 15.1 Å². The van der Waals surface area contributed by atoms with Crippen molar-refractivity contribution in [2.24, 2.45) is 5.92 Å². The Kier molecular flexibility index (Phi) is 3.99. The van der Waals surface area contributed by atoms with E-state index in [0.29, 0.717) is 6.04 Å². The van der Waals surface area contributed by atoms with Gasteiger partial charge in [-0.15, -0.1) is 0 Å². The second kappa shape index (κ2) is 5.48. The monoisotopic (exact) mass is 221 g/mol. The van der Waals surface area contributed by atoms with Gasteiger partial charge in [-0.1, -0.05) is 19.8 Å². The predicted octanol–water partition coefficient (Wildman–Crippen LogP) is 2.57. The lowest BCUT2D eigenvalue weighted by Gasteiger charge is -2.29. The van der Waals surface area contributed by atoms with E-state index in [0.717, 1.165) is 19.0 Å². The average molecular weight is 221 g/mol. The summed E-state index contributed by atoms with van der Waals surface area (Å²) in [6.45, 7) is 6.43. The number of nitrogens with zero attached hydrogens (tertiary/aromatic N) is 2. The molecule has 1 aromatic heterocycles. The normalized spacial score (nSPS) is 25.9. The number of aryl methyl sites for hydroxylation is 1. The zero-order chi connectivity index (χ0) is 11.4. The summed E-state index contributed by atoms with van der Waals surface area (Å²) in [5, 5.41) is 7.98. The van der Waals surface area contributed by atoms with Crippen molar-refractivity contribution in [2.45, 2.75) is 58.7 Å². The molecule has 1 heterocycles. The van der Waals surface area contributed by atoms with Crippen LogP contribution in [-0.2, 0) is 13.1 Å². The first-order valence-corrected chi connectivity index (χ1v) is 6.55. The van der Waals surface area contributed by atoms with Crippen LogP contribution >= 0.6 is 0 Å². The van der Waals surface area contributed by atoms with Gasteiger partial charge in [0.05, 0.1) is 5.69 Å². The van der Waals surface area contributed by atoms with Gasteiger partial charge in [0.15, 0.2) is 0 Å². The molecule has 0 aliphatic heterocycles. The highest BCUT2D eigenvalue weighted by Gasteiger charge is 2.20. The zero-order valence-electron chi connectivity index (χ0n) is 10.4. The van der Waals surface area contributed by atoms with E-state index < -0.39 is 0 Å². The van der Waals surface area contributed by atoms with Gasteiger partial charge in [-0.3, -0.25) is 4.68 Å². The summed E-state index contributed by atoms with van der Waals surface area (Å²) >= 11 is 0. The highest BCUT2D eigenvalue weighted by molar-refractivity contribution is 5.00. The fraction of sp³-hybridized carbons (Fsp3) is 0.769. The molecule has 3 heteroatoms. The van der Waals surface area contributed by atoms with Crippen molar-refractivity contribution in [1.29, 1.82) is 0 Å². The summed E-state index contributed by atoms with van der Waals surface area (Å²) in [7, 11) is 0. The Morgan fingerprint density at radius 2 is 2.25 bits per heavy atom. The molecule has 1 N–H and O–H groups in total. The maximum atomic E-state index is 4.29. The van der Waals surface area contributed by atoms with Crippen LogP contribution in [0.5, 0.6) is 0 Å². The van der Waals surface area contributed by atoms with Gasteiger partial charge in [-0.05, 0) is 31.7 Å². The van der Waals surface area contributed by atoms with E-state index in [2.05, 4.69) is 35.0 Å². The lowest BCUT2D eigenvalue weighted by atomic mass is 9.86. The van der Waals surface area contributed by atoms with E-state index in [1.807, 2.05) is 6.20 Å². The van der Waals surface area contributed by atoms with E-state index >= 15 is 0 Å². The minimum atomic E-state index is 0.703. The molecule has 2 atom stereocenters. The molecule has 0 aromatic carbocycles. The summed E-state index contributed by atoms with van der Waals surface area (Å²) in [6, 6.07) is 2.82. The molecule has 1 aliphatic rings. The van der Waals surface area contributed by atoms with Crippen LogP contribution in [0.4, 0.5) is 0 Å². The third-order valence-electron chi connectivity index (χ3n) is 3.76. The molecule has 0 amide bonds. The predicted molar refractivity (Wildman–Crippen MR) is 66.2 cm³/mol. The third kappa shape index (κ3) is 2.64. The molecule has 16 heavy (non-hydrogen) atoms. The molecule has 2 unspecified atom stereocenters. The fourth-order valence-corrected chi connectivity index (χ4v) is 2.65. The SMILES string of the molecule is CCn1nccc1CNC1CCCCC1C. The van der Waals surface area contributed by atoms with Crippen LogP contribution in [0.3, 0.4) is 0 Å².